The minimum atomic E-state index is 0.522. The number of hydrogen-bond donors (Lipinski definition) is 0. The Balaban J connectivity index is 4.20. The van der Waals surface area contributed by atoms with Crippen molar-refractivity contribution in [2.45, 2.75) is 20.3 Å². The molecule has 0 heteroatoms. The summed E-state index contributed by atoms with van der Waals surface area (Å²) >= 11 is 0. The molecule has 0 aromatic rings. The van der Waals surface area contributed by atoms with Crippen LogP contribution in [0.1, 0.15) is 20.3 Å². The molecule has 0 radical (unpaired) electrons. The van der Waals surface area contributed by atoms with E-state index in [-0.39, 0.29) is 0 Å². The second-order valence-corrected chi connectivity index (χ2v) is 3.13. The summed E-state index contributed by atoms with van der Waals surface area (Å²) in [4.78, 5) is 0. The van der Waals surface area contributed by atoms with Crippen LogP contribution in [0.25, 0.3) is 0 Å². The molecule has 0 amide bonds. The van der Waals surface area contributed by atoms with Crippen LogP contribution in [-0.2, 0) is 0 Å². The first kappa shape index (κ1) is 11.0. The fourth-order valence-corrected chi connectivity index (χ4v) is 0.899. The first-order valence-electron chi connectivity index (χ1n) is 4.21. The molecule has 0 saturated heterocycles. The van der Waals surface area contributed by atoms with Crippen molar-refractivity contribution in [2.24, 2.45) is 5.92 Å². The topological polar surface area (TPSA) is 0 Å². The predicted molar refractivity (Wildman–Crippen MR) is 57.1 cm³/mol. The molecule has 0 rings (SSSR count). The fourth-order valence-electron chi connectivity index (χ4n) is 0.899. The molecule has 1 atom stereocenters. The third-order valence-corrected chi connectivity index (χ3v) is 1.98. The van der Waals surface area contributed by atoms with Crippen molar-refractivity contribution in [3.8, 4) is 0 Å². The number of rotatable bonds is 5. The summed E-state index contributed by atoms with van der Waals surface area (Å²) in [6.45, 7) is 15.5. The molecule has 0 saturated carbocycles. The van der Waals surface area contributed by atoms with Gasteiger partial charge in [0.15, 0.2) is 0 Å². The Morgan fingerprint density at radius 2 is 2.00 bits per heavy atom. The lowest BCUT2D eigenvalue weighted by Crippen LogP contribution is -1.96. The summed E-state index contributed by atoms with van der Waals surface area (Å²) in [6, 6.07) is 0. The quantitative estimate of drug-likeness (QED) is 0.425. The van der Waals surface area contributed by atoms with E-state index in [0.717, 1.165) is 6.42 Å². The normalized spacial score (nSPS) is 13.7. The molecule has 0 heterocycles. The summed E-state index contributed by atoms with van der Waals surface area (Å²) in [5.41, 5.74) is 2.44. The minimum absolute atomic E-state index is 0.522. The molecule has 0 N–H and O–H groups in total. The average molecular weight is 162 g/mol. The van der Waals surface area contributed by atoms with Crippen molar-refractivity contribution in [3.63, 3.8) is 0 Å². The Kier molecular flexibility index (Phi) is 5.11. The van der Waals surface area contributed by atoms with Crippen molar-refractivity contribution >= 4 is 0 Å². The smallest absolute Gasteiger partial charge is 0.0197 e. The highest BCUT2D eigenvalue weighted by Crippen LogP contribution is 2.18. The fraction of sp³-hybridized carbons (Fsp3) is 0.333. The van der Waals surface area contributed by atoms with Gasteiger partial charge in [-0.15, -0.1) is 0 Å². The molecule has 0 aliphatic carbocycles. The zero-order chi connectivity index (χ0) is 9.56. The molecule has 0 aliphatic heterocycles. The minimum Gasteiger partial charge on any atom is -0.0999 e. The highest BCUT2D eigenvalue weighted by molar-refractivity contribution is 5.22. The van der Waals surface area contributed by atoms with E-state index in [1.165, 1.54) is 11.1 Å². The third kappa shape index (κ3) is 3.97. The second kappa shape index (κ2) is 5.59. The molecule has 0 aromatic heterocycles. The van der Waals surface area contributed by atoms with E-state index in [1.807, 2.05) is 12.2 Å². The highest BCUT2D eigenvalue weighted by atomic mass is 14.1. The molecule has 0 nitrogen and oxygen atoms in total. The van der Waals surface area contributed by atoms with E-state index in [0.29, 0.717) is 5.92 Å². The molecule has 0 unspecified atom stereocenters. The molecule has 0 aliphatic rings. The molecule has 0 fully saturated rings. The van der Waals surface area contributed by atoms with Crippen molar-refractivity contribution in [3.05, 3.63) is 49.1 Å². The van der Waals surface area contributed by atoms with E-state index >= 15 is 0 Å². The standard InChI is InChI=1S/C12H18/c1-6-8-12(7-2)9-11(5)10(3)4/h6-8,11H,1-3,9H2,4-5H3/b12-8+/t11-/m0/s1. The molecule has 66 valence electrons. The van der Waals surface area contributed by atoms with Crippen molar-refractivity contribution in [1.82, 2.24) is 0 Å². The van der Waals surface area contributed by atoms with Gasteiger partial charge in [0.1, 0.15) is 0 Å². The van der Waals surface area contributed by atoms with Gasteiger partial charge in [-0.25, -0.2) is 0 Å². The van der Waals surface area contributed by atoms with Gasteiger partial charge in [0.25, 0.3) is 0 Å². The van der Waals surface area contributed by atoms with Gasteiger partial charge in [0.2, 0.25) is 0 Å². The maximum absolute atomic E-state index is 3.92. The van der Waals surface area contributed by atoms with Crippen molar-refractivity contribution in [2.75, 3.05) is 0 Å². The van der Waals surface area contributed by atoms with Gasteiger partial charge in [-0.1, -0.05) is 50.5 Å². The van der Waals surface area contributed by atoms with Gasteiger partial charge in [-0.2, -0.15) is 0 Å². The molecule has 0 bridgehead atoms. The lowest BCUT2D eigenvalue weighted by molar-refractivity contribution is 0.683. The zero-order valence-electron chi connectivity index (χ0n) is 8.14. The number of allylic oxidation sites excluding steroid dienone is 5. The summed E-state index contributed by atoms with van der Waals surface area (Å²) < 4.78 is 0. The average Bonchev–Trinajstić information content (AvgIpc) is 2.03. The van der Waals surface area contributed by atoms with E-state index in [2.05, 4.69) is 33.6 Å². The lowest BCUT2D eigenvalue weighted by Gasteiger charge is -2.10. The van der Waals surface area contributed by atoms with E-state index < -0.39 is 0 Å². The Hall–Kier alpha value is -1.04. The summed E-state index contributed by atoms with van der Waals surface area (Å²) in [5, 5.41) is 0. The van der Waals surface area contributed by atoms with Crippen LogP contribution in [0.2, 0.25) is 0 Å². The Morgan fingerprint density at radius 3 is 2.33 bits per heavy atom. The van der Waals surface area contributed by atoms with Gasteiger partial charge in [-0.05, 0) is 24.8 Å². The molecule has 0 aromatic carbocycles. The second-order valence-electron chi connectivity index (χ2n) is 3.13. The maximum Gasteiger partial charge on any atom is -0.0197 e. The van der Waals surface area contributed by atoms with Crippen LogP contribution < -0.4 is 0 Å². The maximum atomic E-state index is 3.92. The predicted octanol–water partition coefficient (Wildman–Crippen LogP) is 3.89. The van der Waals surface area contributed by atoms with Crippen LogP contribution in [-0.4, -0.2) is 0 Å². The van der Waals surface area contributed by atoms with E-state index in [4.69, 9.17) is 0 Å². The Labute approximate surface area is 76.0 Å². The Bertz CT molecular complexity index is 206. The number of hydrogen-bond acceptors (Lipinski definition) is 0. The molecule has 0 spiro atoms. The monoisotopic (exact) mass is 162 g/mol. The van der Waals surface area contributed by atoms with Crippen molar-refractivity contribution < 1.29 is 0 Å². The van der Waals surface area contributed by atoms with Crippen molar-refractivity contribution in [1.29, 1.82) is 0 Å². The van der Waals surface area contributed by atoms with Crippen LogP contribution in [0.3, 0.4) is 0 Å². The SMILES string of the molecule is C=C/C=C(\C=C)C[C@H](C)C(=C)C. The van der Waals surface area contributed by atoms with Crippen LogP contribution in [0.5, 0.6) is 0 Å². The summed E-state index contributed by atoms with van der Waals surface area (Å²) in [6.07, 6.45) is 6.67. The Morgan fingerprint density at radius 1 is 1.42 bits per heavy atom. The highest BCUT2D eigenvalue weighted by Gasteiger charge is 2.02. The van der Waals surface area contributed by atoms with E-state index in [9.17, 15) is 0 Å². The zero-order valence-corrected chi connectivity index (χ0v) is 8.14. The van der Waals surface area contributed by atoms with Gasteiger partial charge in [0.05, 0.1) is 0 Å². The first-order chi connectivity index (χ1) is 5.61. The van der Waals surface area contributed by atoms with Crippen LogP contribution in [0.4, 0.5) is 0 Å². The van der Waals surface area contributed by atoms with Crippen LogP contribution in [0, 0.1) is 5.92 Å². The first-order valence-corrected chi connectivity index (χ1v) is 4.21. The lowest BCUT2D eigenvalue weighted by atomic mass is 9.95. The molecule has 12 heavy (non-hydrogen) atoms. The largest absolute Gasteiger partial charge is 0.0999 e. The van der Waals surface area contributed by atoms with Gasteiger partial charge in [0, 0.05) is 0 Å². The van der Waals surface area contributed by atoms with Gasteiger partial charge in [-0.3, -0.25) is 0 Å². The molecular weight excluding hydrogens is 144 g/mol. The third-order valence-electron chi connectivity index (χ3n) is 1.98. The molecular formula is C12H18. The van der Waals surface area contributed by atoms with Gasteiger partial charge >= 0.3 is 0 Å². The summed E-state index contributed by atoms with van der Waals surface area (Å²) in [7, 11) is 0. The van der Waals surface area contributed by atoms with Crippen LogP contribution >= 0.6 is 0 Å². The van der Waals surface area contributed by atoms with Gasteiger partial charge < -0.3 is 0 Å². The summed E-state index contributed by atoms with van der Waals surface area (Å²) in [5.74, 6) is 0.522. The van der Waals surface area contributed by atoms with Crippen LogP contribution in [0.15, 0.2) is 49.1 Å². The van der Waals surface area contributed by atoms with E-state index in [1.54, 1.807) is 6.08 Å².